The maximum absolute atomic E-state index is 12.9. The average molecular weight is 340 g/mol. The summed E-state index contributed by atoms with van der Waals surface area (Å²) in [5.74, 6) is -0.0812. The number of nitrogens with zero attached hydrogens (tertiary/aromatic N) is 2. The Hall–Kier alpha value is -2.76. The molecule has 130 valence electrons. The van der Waals surface area contributed by atoms with E-state index >= 15 is 0 Å². The molecular formula is C19H21FN4O. The molecule has 25 heavy (non-hydrogen) atoms. The summed E-state index contributed by atoms with van der Waals surface area (Å²) in [6, 6.07) is 7.22. The van der Waals surface area contributed by atoms with Crippen molar-refractivity contribution < 1.29 is 9.18 Å². The van der Waals surface area contributed by atoms with Gasteiger partial charge in [0.05, 0.1) is 0 Å². The van der Waals surface area contributed by atoms with Gasteiger partial charge >= 0.3 is 0 Å². The predicted molar refractivity (Wildman–Crippen MR) is 96.0 cm³/mol. The number of amides is 1. The van der Waals surface area contributed by atoms with Gasteiger partial charge in [-0.05, 0) is 56.4 Å². The van der Waals surface area contributed by atoms with Crippen LogP contribution in [-0.2, 0) is 0 Å². The minimum absolute atomic E-state index is 0.263. The molecule has 1 aromatic carbocycles. The summed E-state index contributed by atoms with van der Waals surface area (Å²) in [6.07, 6.45) is 9.59. The van der Waals surface area contributed by atoms with Gasteiger partial charge < -0.3 is 10.6 Å². The highest BCUT2D eigenvalue weighted by atomic mass is 19.1. The van der Waals surface area contributed by atoms with Gasteiger partial charge in [0.2, 0.25) is 0 Å². The minimum atomic E-state index is -0.355. The SMILES string of the molecule is O=C(Nc1ccc(F)cc1)c1cc(NCCC2=CCCCC2)ncn1. The fourth-order valence-corrected chi connectivity index (χ4v) is 2.79. The van der Waals surface area contributed by atoms with Crippen LogP contribution in [0, 0.1) is 5.82 Å². The van der Waals surface area contributed by atoms with Crippen LogP contribution in [0.4, 0.5) is 15.9 Å². The van der Waals surface area contributed by atoms with Crippen LogP contribution >= 0.6 is 0 Å². The number of carbonyl (C=O) groups is 1. The fourth-order valence-electron chi connectivity index (χ4n) is 2.79. The number of anilines is 2. The number of allylic oxidation sites excluding steroid dienone is 1. The van der Waals surface area contributed by atoms with E-state index in [9.17, 15) is 9.18 Å². The molecule has 5 nitrogen and oxygen atoms in total. The predicted octanol–water partition coefficient (Wildman–Crippen LogP) is 4.17. The van der Waals surface area contributed by atoms with E-state index in [1.807, 2.05) is 0 Å². The Balaban J connectivity index is 1.55. The first-order valence-corrected chi connectivity index (χ1v) is 8.51. The molecule has 0 saturated carbocycles. The average Bonchev–Trinajstić information content (AvgIpc) is 2.65. The van der Waals surface area contributed by atoms with Crippen LogP contribution < -0.4 is 10.6 Å². The molecule has 3 rings (SSSR count). The maximum Gasteiger partial charge on any atom is 0.274 e. The molecule has 0 aliphatic heterocycles. The van der Waals surface area contributed by atoms with E-state index < -0.39 is 0 Å². The second kappa shape index (κ2) is 8.37. The van der Waals surface area contributed by atoms with Crippen LogP contribution in [0.2, 0.25) is 0 Å². The quantitative estimate of drug-likeness (QED) is 0.775. The second-order valence-electron chi connectivity index (χ2n) is 6.03. The number of nitrogens with one attached hydrogen (secondary N) is 2. The number of hydrogen-bond donors (Lipinski definition) is 2. The summed E-state index contributed by atoms with van der Waals surface area (Å²) in [6.45, 7) is 0.780. The van der Waals surface area contributed by atoms with Gasteiger partial charge in [0.25, 0.3) is 5.91 Å². The Kier molecular flexibility index (Phi) is 5.72. The van der Waals surface area contributed by atoms with Crippen LogP contribution in [0.5, 0.6) is 0 Å². The summed E-state index contributed by atoms with van der Waals surface area (Å²) >= 11 is 0. The lowest BCUT2D eigenvalue weighted by molar-refractivity contribution is 0.102. The molecule has 0 saturated heterocycles. The molecule has 0 bridgehead atoms. The van der Waals surface area contributed by atoms with Crippen molar-refractivity contribution in [2.75, 3.05) is 17.2 Å². The molecule has 1 aliphatic rings. The Morgan fingerprint density at radius 3 is 2.76 bits per heavy atom. The van der Waals surface area contributed by atoms with Gasteiger partial charge in [0, 0.05) is 18.3 Å². The highest BCUT2D eigenvalue weighted by Gasteiger charge is 2.10. The van der Waals surface area contributed by atoms with Gasteiger partial charge in [-0.1, -0.05) is 11.6 Å². The van der Waals surface area contributed by atoms with Crippen molar-refractivity contribution in [3.05, 3.63) is 59.8 Å². The standard InChI is InChI=1S/C19H21FN4O/c20-15-6-8-16(9-7-15)24-19(25)17-12-18(23-13-22-17)21-11-10-14-4-2-1-3-5-14/h4,6-9,12-13H,1-3,5,10-11H2,(H,24,25)(H,21,22,23). The third kappa shape index (κ3) is 5.11. The van der Waals surface area contributed by atoms with Crippen LogP contribution in [-0.4, -0.2) is 22.4 Å². The summed E-state index contributed by atoms with van der Waals surface area (Å²) in [5, 5.41) is 5.92. The molecule has 2 N–H and O–H groups in total. The molecule has 1 amide bonds. The molecule has 0 spiro atoms. The van der Waals surface area contributed by atoms with E-state index in [1.165, 1.54) is 61.8 Å². The van der Waals surface area contributed by atoms with Crippen LogP contribution in [0.25, 0.3) is 0 Å². The van der Waals surface area contributed by atoms with Gasteiger partial charge in [0.1, 0.15) is 23.7 Å². The Morgan fingerprint density at radius 2 is 2.00 bits per heavy atom. The molecule has 0 radical (unpaired) electrons. The molecule has 0 atom stereocenters. The zero-order valence-corrected chi connectivity index (χ0v) is 14.0. The van der Waals surface area contributed by atoms with Gasteiger partial charge in [-0.15, -0.1) is 0 Å². The Bertz CT molecular complexity index is 758. The van der Waals surface area contributed by atoms with Gasteiger partial charge in [-0.25, -0.2) is 14.4 Å². The highest BCUT2D eigenvalue weighted by Crippen LogP contribution is 2.20. The lowest BCUT2D eigenvalue weighted by Gasteiger charge is -2.13. The van der Waals surface area contributed by atoms with Crippen molar-refractivity contribution in [1.82, 2.24) is 9.97 Å². The summed E-state index contributed by atoms with van der Waals surface area (Å²) < 4.78 is 12.9. The van der Waals surface area contributed by atoms with Crippen LogP contribution in [0.1, 0.15) is 42.6 Å². The molecule has 0 unspecified atom stereocenters. The number of hydrogen-bond acceptors (Lipinski definition) is 4. The van der Waals surface area contributed by atoms with Gasteiger partial charge in [-0.3, -0.25) is 4.79 Å². The monoisotopic (exact) mass is 340 g/mol. The van der Waals surface area contributed by atoms with Crippen molar-refractivity contribution in [3.8, 4) is 0 Å². The van der Waals surface area contributed by atoms with Crippen LogP contribution in [0.15, 0.2) is 48.3 Å². The zero-order chi connectivity index (χ0) is 17.5. The Morgan fingerprint density at radius 1 is 1.16 bits per heavy atom. The second-order valence-corrected chi connectivity index (χ2v) is 6.03. The first-order chi connectivity index (χ1) is 12.2. The summed E-state index contributed by atoms with van der Waals surface area (Å²) in [4.78, 5) is 20.4. The number of carbonyl (C=O) groups excluding carboxylic acids is 1. The first kappa shape index (κ1) is 17.1. The number of rotatable bonds is 6. The summed E-state index contributed by atoms with van der Waals surface area (Å²) in [7, 11) is 0. The molecule has 6 heteroatoms. The van der Waals surface area contributed by atoms with Crippen molar-refractivity contribution in [1.29, 1.82) is 0 Å². The minimum Gasteiger partial charge on any atom is -0.370 e. The van der Waals surface area contributed by atoms with E-state index in [4.69, 9.17) is 0 Å². The normalized spacial score (nSPS) is 13.9. The van der Waals surface area contributed by atoms with Crippen molar-refractivity contribution in [3.63, 3.8) is 0 Å². The molecule has 0 fully saturated rings. The van der Waals surface area contributed by atoms with E-state index in [1.54, 1.807) is 6.07 Å². The smallest absolute Gasteiger partial charge is 0.274 e. The Labute approximate surface area is 146 Å². The third-order valence-corrected chi connectivity index (χ3v) is 4.14. The van der Waals surface area contributed by atoms with E-state index in [0.717, 1.165) is 13.0 Å². The topological polar surface area (TPSA) is 66.9 Å². The number of halogens is 1. The molecule has 1 aliphatic carbocycles. The fraction of sp³-hybridized carbons (Fsp3) is 0.316. The third-order valence-electron chi connectivity index (χ3n) is 4.14. The number of benzene rings is 1. The zero-order valence-electron chi connectivity index (χ0n) is 14.0. The van der Waals surface area contributed by atoms with E-state index in [0.29, 0.717) is 11.5 Å². The van der Waals surface area contributed by atoms with Crippen molar-refractivity contribution in [2.45, 2.75) is 32.1 Å². The van der Waals surface area contributed by atoms with E-state index in [-0.39, 0.29) is 17.4 Å². The molecule has 2 aromatic rings. The van der Waals surface area contributed by atoms with Gasteiger partial charge in [-0.2, -0.15) is 0 Å². The maximum atomic E-state index is 12.9. The summed E-state index contributed by atoms with van der Waals surface area (Å²) in [5.41, 5.74) is 2.27. The number of aromatic nitrogens is 2. The van der Waals surface area contributed by atoms with Gasteiger partial charge in [0.15, 0.2) is 0 Å². The van der Waals surface area contributed by atoms with Crippen LogP contribution in [0.3, 0.4) is 0 Å². The first-order valence-electron chi connectivity index (χ1n) is 8.51. The lowest BCUT2D eigenvalue weighted by Crippen LogP contribution is -2.15. The highest BCUT2D eigenvalue weighted by molar-refractivity contribution is 6.03. The molecular weight excluding hydrogens is 319 g/mol. The lowest BCUT2D eigenvalue weighted by atomic mass is 9.97. The van der Waals surface area contributed by atoms with E-state index in [2.05, 4.69) is 26.7 Å². The molecule has 1 aromatic heterocycles. The molecule has 1 heterocycles. The largest absolute Gasteiger partial charge is 0.370 e. The van der Waals surface area contributed by atoms with Crippen molar-refractivity contribution >= 4 is 17.4 Å². The van der Waals surface area contributed by atoms with Crippen molar-refractivity contribution in [2.24, 2.45) is 0 Å².